The van der Waals surface area contributed by atoms with E-state index in [2.05, 4.69) is 9.88 Å². The molecule has 1 aliphatic heterocycles. The highest BCUT2D eigenvalue weighted by Crippen LogP contribution is 2.17. The van der Waals surface area contributed by atoms with Crippen molar-refractivity contribution in [2.75, 3.05) is 37.6 Å². The molecule has 1 aromatic heterocycles. The molecular weight excluding hydrogens is 308 g/mol. The van der Waals surface area contributed by atoms with Crippen LogP contribution in [0.5, 0.6) is 0 Å². The molecule has 1 unspecified atom stereocenters. The molecule has 2 heterocycles. The van der Waals surface area contributed by atoms with Gasteiger partial charge in [0.2, 0.25) is 0 Å². The van der Waals surface area contributed by atoms with Gasteiger partial charge in [-0.2, -0.15) is 0 Å². The van der Waals surface area contributed by atoms with Crippen LogP contribution in [-0.4, -0.2) is 65.0 Å². The highest BCUT2D eigenvalue weighted by molar-refractivity contribution is 6.07. The molecular formula is C17H26N4O3. The van der Waals surface area contributed by atoms with Gasteiger partial charge in [0.25, 0.3) is 0 Å². The van der Waals surface area contributed by atoms with Crippen LogP contribution in [0.2, 0.25) is 0 Å². The largest absolute Gasteiger partial charge is 0.479 e. The average molecular weight is 334 g/mol. The Kier molecular flexibility index (Phi) is 6.28. The quantitative estimate of drug-likeness (QED) is 0.677. The van der Waals surface area contributed by atoms with Crippen molar-refractivity contribution in [1.82, 2.24) is 9.88 Å². The number of anilines is 1. The fourth-order valence-corrected chi connectivity index (χ4v) is 2.91. The van der Waals surface area contributed by atoms with Crippen molar-refractivity contribution in [1.29, 1.82) is 0 Å². The fraction of sp³-hybridized carbons (Fsp3) is 0.588. The number of rotatable bonds is 8. The van der Waals surface area contributed by atoms with Gasteiger partial charge in [0, 0.05) is 57.2 Å². The second kappa shape index (κ2) is 8.21. The fourth-order valence-electron chi connectivity index (χ4n) is 2.91. The highest BCUT2D eigenvalue weighted by atomic mass is 16.4. The SMILES string of the molecule is CCCCC(=O)C(N)(CN1CCN(c2ccncc2)CC1)C(=O)O. The molecule has 7 nitrogen and oxygen atoms in total. The van der Waals surface area contributed by atoms with Crippen LogP contribution in [-0.2, 0) is 9.59 Å². The van der Waals surface area contributed by atoms with Gasteiger partial charge >= 0.3 is 5.97 Å². The van der Waals surface area contributed by atoms with Crippen molar-refractivity contribution < 1.29 is 14.7 Å². The van der Waals surface area contributed by atoms with E-state index in [-0.39, 0.29) is 18.7 Å². The van der Waals surface area contributed by atoms with Crippen LogP contribution in [0.15, 0.2) is 24.5 Å². The molecule has 0 radical (unpaired) electrons. The van der Waals surface area contributed by atoms with Gasteiger partial charge in [-0.1, -0.05) is 13.3 Å². The summed E-state index contributed by atoms with van der Waals surface area (Å²) in [6.07, 6.45) is 5.23. The molecule has 1 aliphatic rings. The minimum Gasteiger partial charge on any atom is -0.479 e. The summed E-state index contributed by atoms with van der Waals surface area (Å²) in [6, 6.07) is 3.91. The second-order valence-corrected chi connectivity index (χ2v) is 6.27. The Hall–Kier alpha value is -1.99. The third-order valence-corrected chi connectivity index (χ3v) is 4.51. The predicted molar refractivity (Wildman–Crippen MR) is 92.0 cm³/mol. The number of nitrogens with zero attached hydrogens (tertiary/aromatic N) is 3. The maximum atomic E-state index is 12.3. The van der Waals surface area contributed by atoms with E-state index in [0.29, 0.717) is 19.5 Å². The van der Waals surface area contributed by atoms with E-state index in [0.717, 1.165) is 25.2 Å². The van der Waals surface area contributed by atoms with Crippen LogP contribution in [0, 0.1) is 0 Å². The van der Waals surface area contributed by atoms with Crippen molar-refractivity contribution in [2.24, 2.45) is 5.73 Å². The van der Waals surface area contributed by atoms with Gasteiger partial charge in [0.1, 0.15) is 0 Å². The smallest absolute Gasteiger partial charge is 0.332 e. The van der Waals surface area contributed by atoms with Crippen molar-refractivity contribution in [3.05, 3.63) is 24.5 Å². The summed E-state index contributed by atoms with van der Waals surface area (Å²) in [6.45, 7) is 4.91. The van der Waals surface area contributed by atoms with Gasteiger partial charge in [0.15, 0.2) is 11.3 Å². The Morgan fingerprint density at radius 3 is 2.42 bits per heavy atom. The number of carbonyl (C=O) groups excluding carboxylic acids is 1. The molecule has 0 aromatic carbocycles. The lowest BCUT2D eigenvalue weighted by atomic mass is 9.90. The number of nitrogens with two attached hydrogens (primary N) is 1. The first kappa shape index (κ1) is 18.4. The summed E-state index contributed by atoms with van der Waals surface area (Å²) < 4.78 is 0. The molecule has 0 bridgehead atoms. The number of piperazine rings is 1. The Bertz CT molecular complexity index is 558. The number of aromatic nitrogens is 1. The standard InChI is InChI=1S/C17H26N4O3/c1-2-3-4-15(22)17(18,16(23)24)13-20-9-11-21(12-10-20)14-5-7-19-8-6-14/h5-8H,2-4,9-13,18H2,1H3,(H,23,24). The molecule has 0 spiro atoms. The third kappa shape index (κ3) is 4.30. The summed E-state index contributed by atoms with van der Waals surface area (Å²) in [5.74, 6) is -1.62. The van der Waals surface area contributed by atoms with Gasteiger partial charge in [-0.25, -0.2) is 4.79 Å². The van der Waals surface area contributed by atoms with Gasteiger partial charge in [-0.15, -0.1) is 0 Å². The highest BCUT2D eigenvalue weighted by Gasteiger charge is 2.43. The number of carboxylic acids is 1. The first-order chi connectivity index (χ1) is 11.5. The molecule has 1 saturated heterocycles. The average Bonchev–Trinajstić information content (AvgIpc) is 2.60. The summed E-state index contributed by atoms with van der Waals surface area (Å²) in [4.78, 5) is 32.1. The van der Waals surface area contributed by atoms with E-state index in [1.165, 1.54) is 0 Å². The molecule has 3 N–H and O–H groups in total. The molecule has 7 heteroatoms. The summed E-state index contributed by atoms with van der Waals surface area (Å²) >= 11 is 0. The molecule has 24 heavy (non-hydrogen) atoms. The number of aliphatic carboxylic acids is 1. The van der Waals surface area contributed by atoms with Crippen LogP contribution >= 0.6 is 0 Å². The molecule has 1 aromatic rings. The van der Waals surface area contributed by atoms with Gasteiger partial charge in [-0.05, 0) is 18.6 Å². The monoisotopic (exact) mass is 334 g/mol. The van der Waals surface area contributed by atoms with Crippen LogP contribution < -0.4 is 10.6 Å². The Labute approximate surface area is 142 Å². The van der Waals surface area contributed by atoms with Crippen LogP contribution in [0.3, 0.4) is 0 Å². The number of carboxylic acid groups (broad SMARTS) is 1. The number of hydrogen-bond donors (Lipinski definition) is 2. The van der Waals surface area contributed by atoms with Crippen molar-refractivity contribution in [3.63, 3.8) is 0 Å². The van der Waals surface area contributed by atoms with E-state index in [1.54, 1.807) is 12.4 Å². The number of ketones is 1. The minimum absolute atomic E-state index is 0.0645. The van der Waals surface area contributed by atoms with E-state index < -0.39 is 11.5 Å². The maximum Gasteiger partial charge on any atom is 0.332 e. The Morgan fingerprint density at radius 2 is 1.88 bits per heavy atom. The summed E-state index contributed by atoms with van der Waals surface area (Å²) in [5, 5.41) is 9.47. The summed E-state index contributed by atoms with van der Waals surface area (Å²) in [7, 11) is 0. The normalized spacial score (nSPS) is 18.2. The number of hydrogen-bond acceptors (Lipinski definition) is 6. The molecule has 1 atom stereocenters. The third-order valence-electron chi connectivity index (χ3n) is 4.51. The molecule has 132 valence electrons. The van der Waals surface area contributed by atoms with E-state index in [4.69, 9.17) is 5.73 Å². The number of carbonyl (C=O) groups is 2. The van der Waals surface area contributed by atoms with E-state index in [9.17, 15) is 14.7 Å². The number of Topliss-reactive ketones (excluding diaryl/α,β-unsaturated/α-hetero) is 1. The first-order valence-corrected chi connectivity index (χ1v) is 8.40. The van der Waals surface area contributed by atoms with Gasteiger partial charge in [-0.3, -0.25) is 14.7 Å². The molecule has 0 aliphatic carbocycles. The Morgan fingerprint density at radius 1 is 1.25 bits per heavy atom. The van der Waals surface area contributed by atoms with Gasteiger partial charge < -0.3 is 15.7 Å². The molecule has 0 saturated carbocycles. The van der Waals surface area contributed by atoms with E-state index in [1.807, 2.05) is 24.0 Å². The lowest BCUT2D eigenvalue weighted by Gasteiger charge is -2.38. The maximum absolute atomic E-state index is 12.3. The van der Waals surface area contributed by atoms with Crippen LogP contribution in [0.25, 0.3) is 0 Å². The zero-order valence-corrected chi connectivity index (χ0v) is 14.1. The van der Waals surface area contributed by atoms with Crippen molar-refractivity contribution in [2.45, 2.75) is 31.7 Å². The second-order valence-electron chi connectivity index (χ2n) is 6.27. The topological polar surface area (TPSA) is 99.8 Å². The molecule has 0 amide bonds. The predicted octanol–water partition coefficient (Wildman–Crippen LogP) is 0.745. The van der Waals surface area contributed by atoms with Crippen LogP contribution in [0.1, 0.15) is 26.2 Å². The van der Waals surface area contributed by atoms with Crippen LogP contribution in [0.4, 0.5) is 5.69 Å². The number of pyridine rings is 1. The van der Waals surface area contributed by atoms with Crippen molar-refractivity contribution >= 4 is 17.4 Å². The first-order valence-electron chi connectivity index (χ1n) is 8.40. The van der Waals surface area contributed by atoms with E-state index >= 15 is 0 Å². The number of unbranched alkanes of at least 4 members (excludes halogenated alkanes) is 1. The molecule has 1 fully saturated rings. The lowest BCUT2D eigenvalue weighted by molar-refractivity contribution is -0.149. The zero-order chi connectivity index (χ0) is 17.6. The zero-order valence-electron chi connectivity index (χ0n) is 14.1. The van der Waals surface area contributed by atoms with Crippen molar-refractivity contribution in [3.8, 4) is 0 Å². The summed E-state index contributed by atoms with van der Waals surface area (Å²) in [5.41, 5.74) is 5.28. The minimum atomic E-state index is -1.81. The Balaban J connectivity index is 1.95. The molecule has 2 rings (SSSR count). The lowest BCUT2D eigenvalue weighted by Crippen LogP contribution is -2.63. The van der Waals surface area contributed by atoms with Gasteiger partial charge in [0.05, 0.1) is 0 Å².